The molecule has 0 aromatic heterocycles. The van der Waals surface area contributed by atoms with Crippen LogP contribution in [0.25, 0.3) is 0 Å². The van der Waals surface area contributed by atoms with Crippen LogP contribution in [0.5, 0.6) is 0 Å². The fraction of sp³-hybridized carbons (Fsp3) is 0.889. The molecule has 70 valence electrons. The SMILES string of the molecule is C.C.C.C.C.C[BH2-][CH+]CC. The van der Waals surface area contributed by atoms with E-state index in [2.05, 4.69) is 20.1 Å². The lowest BCUT2D eigenvalue weighted by Crippen LogP contribution is -1.77. The summed E-state index contributed by atoms with van der Waals surface area (Å²) in [6.07, 6.45) is 3.65. The van der Waals surface area contributed by atoms with Gasteiger partial charge in [0.2, 0.25) is 0 Å². The average molecular weight is 150 g/mol. The lowest BCUT2D eigenvalue weighted by molar-refractivity contribution is 1.19. The van der Waals surface area contributed by atoms with Crippen molar-refractivity contribution in [2.24, 2.45) is 0 Å². The first kappa shape index (κ1) is 51.2. The molecule has 0 saturated heterocycles. The van der Waals surface area contributed by atoms with Crippen LogP contribution in [-0.4, -0.2) is 7.28 Å². The van der Waals surface area contributed by atoms with Crippen LogP contribution >= 0.6 is 0 Å². The van der Waals surface area contributed by atoms with Gasteiger partial charge in [0, 0.05) is 6.42 Å². The molecule has 0 aromatic rings. The van der Waals surface area contributed by atoms with Gasteiger partial charge in [-0.2, -0.15) is 6.82 Å². The Labute approximate surface area is 71.7 Å². The maximum atomic E-state index is 2.38. The van der Waals surface area contributed by atoms with Crippen LogP contribution in [0.15, 0.2) is 0 Å². The second-order valence-electron chi connectivity index (χ2n) is 1.39. The van der Waals surface area contributed by atoms with Crippen molar-refractivity contribution < 1.29 is 0 Å². The third-order valence-corrected chi connectivity index (χ3v) is 0.816. The molecule has 0 aliphatic rings. The summed E-state index contributed by atoms with van der Waals surface area (Å²) in [6, 6.07) is 0. The van der Waals surface area contributed by atoms with E-state index in [1.165, 1.54) is 6.42 Å². The van der Waals surface area contributed by atoms with E-state index in [-0.39, 0.29) is 37.1 Å². The first-order chi connectivity index (χ1) is 2.41. The highest BCUT2D eigenvalue weighted by molar-refractivity contribution is 6.38. The van der Waals surface area contributed by atoms with Crippen LogP contribution in [0.2, 0.25) is 6.82 Å². The minimum absolute atomic E-state index is 0. The zero-order valence-electron chi connectivity index (χ0n) is 4.28. The molecule has 0 rings (SSSR count). The van der Waals surface area contributed by atoms with Gasteiger partial charge >= 0.3 is 0 Å². The highest BCUT2D eigenvalue weighted by atomic mass is 13.6. The van der Waals surface area contributed by atoms with Gasteiger partial charge in [-0.25, -0.2) is 0 Å². The topological polar surface area (TPSA) is 0 Å². The monoisotopic (exact) mass is 150 g/mol. The molecule has 0 fully saturated rings. The molecule has 0 spiro atoms. The summed E-state index contributed by atoms with van der Waals surface area (Å²) >= 11 is 0. The van der Waals surface area contributed by atoms with Crippen LogP contribution in [0.1, 0.15) is 50.5 Å². The van der Waals surface area contributed by atoms with Crippen LogP contribution in [-0.2, 0) is 0 Å². The lowest BCUT2D eigenvalue weighted by atomic mass is 9.77. The zero-order chi connectivity index (χ0) is 4.12. The molecular weight excluding hydrogens is 119 g/mol. The summed E-state index contributed by atoms with van der Waals surface area (Å²) in [7, 11) is 0.382. The molecule has 0 aromatic carbocycles. The Morgan fingerprint density at radius 2 is 1.30 bits per heavy atom. The lowest BCUT2D eigenvalue weighted by Gasteiger charge is -1.74. The minimum atomic E-state index is 0. The highest BCUT2D eigenvalue weighted by Crippen LogP contribution is 1.76. The summed E-state index contributed by atoms with van der Waals surface area (Å²) in [5.74, 6) is 0. The van der Waals surface area contributed by atoms with Crippen molar-refractivity contribution >= 4 is 7.28 Å². The molecule has 0 N–H and O–H groups in total. The van der Waals surface area contributed by atoms with Crippen molar-refractivity contribution in [2.45, 2.75) is 57.3 Å². The smallest absolute Gasteiger partial charge is 0.151 e. The molecule has 1 heteroatoms. The summed E-state index contributed by atoms with van der Waals surface area (Å²) in [5.41, 5.74) is 0. The Bertz CT molecular complexity index is 12.2. The summed E-state index contributed by atoms with van der Waals surface area (Å²) in [6.45, 7) is 4.47. The molecule has 0 saturated carbocycles. The van der Waals surface area contributed by atoms with E-state index in [1.807, 2.05) is 0 Å². The summed E-state index contributed by atoms with van der Waals surface area (Å²) < 4.78 is 0. The second kappa shape index (κ2) is 65.3. The van der Waals surface area contributed by atoms with Gasteiger partial charge in [-0.15, -0.1) is 6.32 Å². The quantitative estimate of drug-likeness (QED) is 0.413. The van der Waals surface area contributed by atoms with Crippen molar-refractivity contribution in [1.82, 2.24) is 0 Å². The third-order valence-electron chi connectivity index (χ3n) is 0.816. The first-order valence-corrected chi connectivity index (χ1v) is 2.69. The van der Waals surface area contributed by atoms with Crippen molar-refractivity contribution in [3.05, 3.63) is 6.32 Å². The fourth-order valence-corrected chi connectivity index (χ4v) is 0.408. The Hall–Kier alpha value is -0.0651. The Morgan fingerprint density at radius 1 is 1.00 bits per heavy atom. The van der Waals surface area contributed by atoms with Crippen molar-refractivity contribution in [3.63, 3.8) is 0 Å². The standard InChI is InChI=1S/C4H11B.5CH4/c1-3-4-5-2;;;;;/h4H,3,5H2,1-2H3;5*1H4. The van der Waals surface area contributed by atoms with Gasteiger partial charge in [0.25, 0.3) is 0 Å². The zero-order valence-corrected chi connectivity index (χ0v) is 4.28. The molecule has 0 atom stereocenters. The summed E-state index contributed by atoms with van der Waals surface area (Å²) in [4.78, 5) is 0. The molecule has 0 unspecified atom stereocenters. The Kier molecular flexibility index (Phi) is 335. The number of rotatable bonds is 2. The highest BCUT2D eigenvalue weighted by Gasteiger charge is 1.73. The van der Waals surface area contributed by atoms with E-state index in [9.17, 15) is 0 Å². The van der Waals surface area contributed by atoms with Gasteiger partial charge in [-0.1, -0.05) is 37.1 Å². The molecular formula is C9H31B. The summed E-state index contributed by atoms with van der Waals surface area (Å²) in [5, 5.41) is 0. The fourth-order valence-electron chi connectivity index (χ4n) is 0.408. The minimum Gasteiger partial charge on any atom is -0.151 e. The van der Waals surface area contributed by atoms with Gasteiger partial charge in [0.15, 0.2) is 7.28 Å². The van der Waals surface area contributed by atoms with Crippen LogP contribution < -0.4 is 0 Å². The molecule has 0 bridgehead atoms. The van der Waals surface area contributed by atoms with Gasteiger partial charge in [-0.3, -0.25) is 0 Å². The van der Waals surface area contributed by atoms with E-state index >= 15 is 0 Å². The van der Waals surface area contributed by atoms with E-state index in [1.54, 1.807) is 0 Å². The van der Waals surface area contributed by atoms with Gasteiger partial charge < -0.3 is 0 Å². The van der Waals surface area contributed by atoms with Crippen LogP contribution in [0, 0.1) is 6.32 Å². The molecule has 0 radical (unpaired) electrons. The van der Waals surface area contributed by atoms with Gasteiger partial charge in [0.05, 0.1) is 0 Å². The number of hydrogen-bond donors (Lipinski definition) is 0. The van der Waals surface area contributed by atoms with Crippen molar-refractivity contribution in [2.75, 3.05) is 0 Å². The number of hydrogen-bond acceptors (Lipinski definition) is 0. The van der Waals surface area contributed by atoms with E-state index in [4.69, 9.17) is 0 Å². The maximum absolute atomic E-state index is 2.38. The van der Waals surface area contributed by atoms with E-state index in [0.717, 1.165) is 0 Å². The third kappa shape index (κ3) is 102. The van der Waals surface area contributed by atoms with Crippen LogP contribution in [0.3, 0.4) is 0 Å². The van der Waals surface area contributed by atoms with E-state index in [0.29, 0.717) is 7.28 Å². The van der Waals surface area contributed by atoms with Crippen molar-refractivity contribution in [1.29, 1.82) is 0 Å². The molecule has 0 aliphatic carbocycles. The Balaban J connectivity index is -0.00000000800. The molecule has 10 heavy (non-hydrogen) atoms. The Morgan fingerprint density at radius 3 is 1.30 bits per heavy atom. The van der Waals surface area contributed by atoms with Gasteiger partial charge in [0.1, 0.15) is 0 Å². The molecule has 0 nitrogen and oxygen atoms in total. The largest absolute Gasteiger partial charge is 0.166 e. The average Bonchev–Trinajstić information content (AvgIpc) is 1.41. The normalized spacial score (nSPS) is 3.80. The van der Waals surface area contributed by atoms with Crippen molar-refractivity contribution in [3.8, 4) is 0 Å². The van der Waals surface area contributed by atoms with Crippen LogP contribution in [0.4, 0.5) is 0 Å². The molecule has 0 heterocycles. The molecule has 0 aliphatic heterocycles. The van der Waals surface area contributed by atoms with Gasteiger partial charge in [-0.05, 0) is 6.92 Å². The predicted octanol–water partition coefficient (Wildman–Crippen LogP) is 3.96. The molecule has 0 amide bonds. The predicted molar refractivity (Wildman–Crippen MR) is 62.7 cm³/mol. The van der Waals surface area contributed by atoms with E-state index < -0.39 is 0 Å². The maximum Gasteiger partial charge on any atom is 0.166 e. The second-order valence-corrected chi connectivity index (χ2v) is 1.39. The first-order valence-electron chi connectivity index (χ1n) is 2.69.